The summed E-state index contributed by atoms with van der Waals surface area (Å²) < 4.78 is 1.08. The molecule has 0 amide bonds. The van der Waals surface area contributed by atoms with Gasteiger partial charge in [0.1, 0.15) is 0 Å². The SMILES string of the molecule is CC(O)c1ccc(Br)cc1N1CCC(C(C)(C)C)C1. The van der Waals surface area contributed by atoms with Crippen molar-refractivity contribution in [2.45, 2.75) is 40.2 Å². The van der Waals surface area contributed by atoms with Gasteiger partial charge in [-0.3, -0.25) is 0 Å². The van der Waals surface area contributed by atoms with Crippen LogP contribution >= 0.6 is 15.9 Å². The van der Waals surface area contributed by atoms with Crippen molar-refractivity contribution in [3.8, 4) is 0 Å². The Kier molecular flexibility index (Phi) is 4.26. The molecule has 0 bridgehead atoms. The van der Waals surface area contributed by atoms with Gasteiger partial charge in [0, 0.05) is 28.8 Å². The van der Waals surface area contributed by atoms with E-state index in [2.05, 4.69) is 47.7 Å². The molecule has 1 fully saturated rings. The number of halogens is 1. The van der Waals surface area contributed by atoms with Crippen molar-refractivity contribution in [2.24, 2.45) is 11.3 Å². The second kappa shape index (κ2) is 5.45. The summed E-state index contributed by atoms with van der Waals surface area (Å²) >= 11 is 3.54. The predicted octanol–water partition coefficient (Wildman–Crippen LogP) is 4.37. The maximum atomic E-state index is 9.94. The summed E-state index contributed by atoms with van der Waals surface area (Å²) in [6, 6.07) is 6.16. The van der Waals surface area contributed by atoms with E-state index in [9.17, 15) is 5.11 Å². The molecular weight excluding hydrogens is 302 g/mol. The molecule has 0 saturated carbocycles. The van der Waals surface area contributed by atoms with E-state index in [0.717, 1.165) is 23.1 Å². The average molecular weight is 326 g/mol. The van der Waals surface area contributed by atoms with Gasteiger partial charge in [0.05, 0.1) is 6.10 Å². The quantitative estimate of drug-likeness (QED) is 0.872. The van der Waals surface area contributed by atoms with E-state index in [4.69, 9.17) is 0 Å². The summed E-state index contributed by atoms with van der Waals surface area (Å²) in [6.07, 6.45) is 0.812. The molecule has 1 aromatic carbocycles. The van der Waals surface area contributed by atoms with Gasteiger partial charge in [-0.25, -0.2) is 0 Å². The molecule has 1 aliphatic heterocycles. The lowest BCUT2D eigenvalue weighted by Crippen LogP contribution is -2.26. The van der Waals surface area contributed by atoms with E-state index in [1.807, 2.05) is 19.1 Å². The van der Waals surface area contributed by atoms with Crippen molar-refractivity contribution in [1.82, 2.24) is 0 Å². The smallest absolute Gasteiger partial charge is 0.0782 e. The first-order chi connectivity index (χ1) is 8.79. The van der Waals surface area contributed by atoms with Gasteiger partial charge in [-0.05, 0) is 36.8 Å². The van der Waals surface area contributed by atoms with Crippen LogP contribution in [0.1, 0.15) is 45.8 Å². The minimum atomic E-state index is -0.420. The predicted molar refractivity (Wildman–Crippen MR) is 84.6 cm³/mol. The molecule has 1 aliphatic rings. The largest absolute Gasteiger partial charge is 0.389 e. The number of nitrogens with zero attached hydrogens (tertiary/aromatic N) is 1. The van der Waals surface area contributed by atoms with Gasteiger partial charge in [-0.2, -0.15) is 0 Å². The first kappa shape index (κ1) is 14.9. The molecule has 0 spiro atoms. The fraction of sp³-hybridized carbons (Fsp3) is 0.625. The van der Waals surface area contributed by atoms with E-state index in [-0.39, 0.29) is 0 Å². The highest BCUT2D eigenvalue weighted by Crippen LogP contribution is 2.38. The Morgan fingerprint density at radius 3 is 2.58 bits per heavy atom. The van der Waals surface area contributed by atoms with Gasteiger partial charge in [0.15, 0.2) is 0 Å². The van der Waals surface area contributed by atoms with Crippen LogP contribution in [0.15, 0.2) is 22.7 Å². The lowest BCUT2D eigenvalue weighted by atomic mass is 9.80. The highest BCUT2D eigenvalue weighted by Gasteiger charge is 2.32. The Hall–Kier alpha value is -0.540. The molecule has 1 aromatic rings. The summed E-state index contributed by atoms with van der Waals surface area (Å²) in [5.74, 6) is 0.716. The van der Waals surface area contributed by atoms with E-state index in [1.165, 1.54) is 12.1 Å². The van der Waals surface area contributed by atoms with Crippen LogP contribution in [0.5, 0.6) is 0 Å². The summed E-state index contributed by atoms with van der Waals surface area (Å²) in [6.45, 7) is 11.0. The Bertz CT molecular complexity index is 451. The van der Waals surface area contributed by atoms with Crippen molar-refractivity contribution >= 4 is 21.6 Å². The molecule has 19 heavy (non-hydrogen) atoms. The Morgan fingerprint density at radius 1 is 1.37 bits per heavy atom. The third-order valence-electron chi connectivity index (χ3n) is 4.20. The first-order valence-electron chi connectivity index (χ1n) is 7.01. The van der Waals surface area contributed by atoms with Crippen molar-refractivity contribution in [1.29, 1.82) is 0 Å². The summed E-state index contributed by atoms with van der Waals surface area (Å²) in [5.41, 5.74) is 2.56. The Balaban J connectivity index is 2.26. The molecule has 0 radical (unpaired) electrons. The van der Waals surface area contributed by atoms with Crippen LogP contribution in [0.4, 0.5) is 5.69 Å². The molecule has 1 heterocycles. The molecule has 0 aromatic heterocycles. The van der Waals surface area contributed by atoms with Crippen LogP contribution in [0.2, 0.25) is 0 Å². The van der Waals surface area contributed by atoms with Gasteiger partial charge < -0.3 is 10.0 Å². The van der Waals surface area contributed by atoms with E-state index in [0.29, 0.717) is 11.3 Å². The minimum Gasteiger partial charge on any atom is -0.389 e. The van der Waals surface area contributed by atoms with Gasteiger partial charge >= 0.3 is 0 Å². The number of benzene rings is 1. The zero-order chi connectivity index (χ0) is 14.2. The maximum Gasteiger partial charge on any atom is 0.0782 e. The highest BCUT2D eigenvalue weighted by molar-refractivity contribution is 9.10. The van der Waals surface area contributed by atoms with Crippen molar-refractivity contribution in [3.05, 3.63) is 28.2 Å². The van der Waals surface area contributed by atoms with E-state index in [1.54, 1.807) is 0 Å². The fourth-order valence-electron chi connectivity index (χ4n) is 2.83. The minimum absolute atomic E-state index is 0.353. The number of aliphatic hydroxyl groups excluding tert-OH is 1. The first-order valence-corrected chi connectivity index (χ1v) is 7.81. The molecule has 2 unspecified atom stereocenters. The van der Waals surface area contributed by atoms with Crippen LogP contribution in [-0.2, 0) is 0 Å². The van der Waals surface area contributed by atoms with Crippen molar-refractivity contribution in [2.75, 3.05) is 18.0 Å². The van der Waals surface area contributed by atoms with E-state index < -0.39 is 6.10 Å². The number of anilines is 1. The molecule has 2 atom stereocenters. The molecule has 2 rings (SSSR count). The molecule has 3 heteroatoms. The summed E-state index contributed by atoms with van der Waals surface area (Å²) in [4.78, 5) is 2.42. The van der Waals surface area contributed by atoms with E-state index >= 15 is 0 Å². The Labute approximate surface area is 124 Å². The van der Waals surface area contributed by atoms with Crippen molar-refractivity contribution in [3.63, 3.8) is 0 Å². The monoisotopic (exact) mass is 325 g/mol. The molecule has 0 aliphatic carbocycles. The van der Waals surface area contributed by atoms with Crippen LogP contribution in [0.25, 0.3) is 0 Å². The van der Waals surface area contributed by atoms with Crippen LogP contribution < -0.4 is 4.90 Å². The standard InChI is InChI=1S/C16H24BrNO/c1-11(19)14-6-5-13(17)9-15(14)18-8-7-12(10-18)16(2,3)4/h5-6,9,11-12,19H,7-8,10H2,1-4H3. The topological polar surface area (TPSA) is 23.5 Å². The average Bonchev–Trinajstić information content (AvgIpc) is 2.77. The molecule has 1 N–H and O–H groups in total. The maximum absolute atomic E-state index is 9.94. The lowest BCUT2D eigenvalue weighted by molar-refractivity contribution is 0.199. The number of hydrogen-bond acceptors (Lipinski definition) is 2. The molecule has 2 nitrogen and oxygen atoms in total. The third kappa shape index (κ3) is 3.32. The zero-order valence-electron chi connectivity index (χ0n) is 12.3. The van der Waals surface area contributed by atoms with Gasteiger partial charge in [0.2, 0.25) is 0 Å². The summed E-state index contributed by atoms with van der Waals surface area (Å²) in [5, 5.41) is 9.94. The Morgan fingerprint density at radius 2 is 2.05 bits per heavy atom. The zero-order valence-corrected chi connectivity index (χ0v) is 13.9. The normalized spacial score (nSPS) is 21.8. The second-order valence-corrected chi connectivity index (χ2v) is 7.59. The van der Waals surface area contributed by atoms with Gasteiger partial charge in [-0.15, -0.1) is 0 Å². The highest BCUT2D eigenvalue weighted by atomic mass is 79.9. The van der Waals surface area contributed by atoms with Crippen LogP contribution in [0.3, 0.4) is 0 Å². The fourth-order valence-corrected chi connectivity index (χ4v) is 3.18. The van der Waals surface area contributed by atoms with Gasteiger partial charge in [-0.1, -0.05) is 42.8 Å². The molecule has 1 saturated heterocycles. The molecule has 106 valence electrons. The van der Waals surface area contributed by atoms with Gasteiger partial charge in [0.25, 0.3) is 0 Å². The lowest BCUT2D eigenvalue weighted by Gasteiger charge is -2.28. The third-order valence-corrected chi connectivity index (χ3v) is 4.69. The number of aliphatic hydroxyl groups is 1. The van der Waals surface area contributed by atoms with Crippen molar-refractivity contribution < 1.29 is 5.11 Å². The second-order valence-electron chi connectivity index (χ2n) is 6.68. The summed E-state index contributed by atoms with van der Waals surface area (Å²) in [7, 11) is 0. The number of rotatable bonds is 2. The molecular formula is C16H24BrNO. The van der Waals surface area contributed by atoms with Crippen LogP contribution in [-0.4, -0.2) is 18.2 Å². The van der Waals surface area contributed by atoms with Crippen LogP contribution in [0, 0.1) is 11.3 Å². The number of hydrogen-bond donors (Lipinski definition) is 1.